The Morgan fingerprint density at radius 3 is 2.87 bits per heavy atom. The summed E-state index contributed by atoms with van der Waals surface area (Å²) in [6.07, 6.45) is 4.27. The molecule has 0 aliphatic carbocycles. The first-order valence-corrected chi connectivity index (χ1v) is 6.20. The highest BCUT2D eigenvalue weighted by molar-refractivity contribution is 7.11. The summed E-state index contributed by atoms with van der Waals surface area (Å²) in [6.45, 7) is 4.30. The molecule has 1 aromatic heterocycles. The highest BCUT2D eigenvalue weighted by atomic mass is 32.1. The van der Waals surface area contributed by atoms with Gasteiger partial charge in [0.1, 0.15) is 11.1 Å². The first-order valence-electron chi connectivity index (χ1n) is 5.38. The summed E-state index contributed by atoms with van der Waals surface area (Å²) in [7, 11) is 3.72. The molecule has 0 fully saturated rings. The molecule has 0 saturated carbocycles. The molecule has 0 aliphatic heterocycles. The molecule has 15 heavy (non-hydrogen) atoms. The quantitative estimate of drug-likeness (QED) is 0.813. The van der Waals surface area contributed by atoms with Crippen molar-refractivity contribution in [3.05, 3.63) is 16.1 Å². The van der Waals surface area contributed by atoms with E-state index in [0.29, 0.717) is 6.04 Å². The predicted molar refractivity (Wildman–Crippen MR) is 64.2 cm³/mol. The topological polar surface area (TPSA) is 34.1 Å². The second kappa shape index (κ2) is 6.20. The van der Waals surface area contributed by atoms with Crippen molar-refractivity contribution >= 4 is 11.3 Å². The fourth-order valence-electron chi connectivity index (χ4n) is 1.40. The van der Waals surface area contributed by atoms with E-state index in [1.165, 1.54) is 4.88 Å². The average Bonchev–Trinajstić information content (AvgIpc) is 2.73. The number of hydrogen-bond donors (Lipinski definition) is 1. The van der Waals surface area contributed by atoms with Gasteiger partial charge in [-0.1, -0.05) is 13.3 Å². The van der Waals surface area contributed by atoms with Crippen molar-refractivity contribution in [3.8, 4) is 0 Å². The van der Waals surface area contributed by atoms with E-state index in [2.05, 4.69) is 24.1 Å². The van der Waals surface area contributed by atoms with Crippen LogP contribution in [-0.4, -0.2) is 19.1 Å². The molecule has 2 unspecified atom stereocenters. The fraction of sp³-hybridized carbons (Fsp3) is 0.727. The van der Waals surface area contributed by atoms with Crippen molar-refractivity contribution in [2.75, 3.05) is 14.2 Å². The van der Waals surface area contributed by atoms with Crippen LogP contribution in [0.4, 0.5) is 0 Å². The monoisotopic (exact) mass is 228 g/mol. The molecular weight excluding hydrogens is 208 g/mol. The van der Waals surface area contributed by atoms with Crippen LogP contribution in [0.3, 0.4) is 0 Å². The van der Waals surface area contributed by atoms with Crippen LogP contribution in [0, 0.1) is 0 Å². The Hall–Kier alpha value is -0.450. The largest absolute Gasteiger partial charge is 0.374 e. The van der Waals surface area contributed by atoms with Gasteiger partial charge in [0.2, 0.25) is 0 Å². The molecule has 0 saturated heterocycles. The maximum Gasteiger partial charge on any atom is 0.122 e. The average molecular weight is 228 g/mol. The van der Waals surface area contributed by atoms with E-state index in [1.807, 2.05) is 13.2 Å². The lowest BCUT2D eigenvalue weighted by Gasteiger charge is -2.10. The molecule has 3 nitrogen and oxygen atoms in total. The van der Waals surface area contributed by atoms with Gasteiger partial charge in [-0.3, -0.25) is 0 Å². The SMILES string of the molecule is CCCC(OC)c1ncc(C(C)NC)s1. The summed E-state index contributed by atoms with van der Waals surface area (Å²) < 4.78 is 5.43. The normalized spacial score (nSPS) is 15.2. The van der Waals surface area contributed by atoms with Gasteiger partial charge in [0.25, 0.3) is 0 Å². The highest BCUT2D eigenvalue weighted by Gasteiger charge is 2.15. The maximum atomic E-state index is 5.43. The molecule has 1 N–H and O–H groups in total. The third-order valence-corrected chi connectivity index (χ3v) is 3.78. The van der Waals surface area contributed by atoms with E-state index < -0.39 is 0 Å². The number of nitrogens with zero attached hydrogens (tertiary/aromatic N) is 1. The van der Waals surface area contributed by atoms with Crippen molar-refractivity contribution in [3.63, 3.8) is 0 Å². The minimum Gasteiger partial charge on any atom is -0.374 e. The lowest BCUT2D eigenvalue weighted by Crippen LogP contribution is -2.10. The summed E-state index contributed by atoms with van der Waals surface area (Å²) in [5.41, 5.74) is 0. The van der Waals surface area contributed by atoms with Crippen LogP contribution in [0.2, 0.25) is 0 Å². The summed E-state index contributed by atoms with van der Waals surface area (Å²) in [5.74, 6) is 0. The molecule has 0 amide bonds. The summed E-state index contributed by atoms with van der Waals surface area (Å²) in [6, 6.07) is 0.371. The van der Waals surface area contributed by atoms with E-state index in [9.17, 15) is 0 Å². The molecular formula is C11H20N2OS. The maximum absolute atomic E-state index is 5.43. The lowest BCUT2D eigenvalue weighted by molar-refractivity contribution is 0.0947. The van der Waals surface area contributed by atoms with Crippen LogP contribution in [0.5, 0.6) is 0 Å². The highest BCUT2D eigenvalue weighted by Crippen LogP contribution is 2.29. The summed E-state index contributed by atoms with van der Waals surface area (Å²) in [4.78, 5) is 5.70. The number of methoxy groups -OCH3 is 1. The van der Waals surface area contributed by atoms with Gasteiger partial charge < -0.3 is 10.1 Å². The van der Waals surface area contributed by atoms with Crippen molar-refractivity contribution in [1.29, 1.82) is 0 Å². The van der Waals surface area contributed by atoms with Crippen LogP contribution in [-0.2, 0) is 4.74 Å². The zero-order valence-electron chi connectivity index (χ0n) is 9.91. The number of thiazole rings is 1. The van der Waals surface area contributed by atoms with Crippen LogP contribution >= 0.6 is 11.3 Å². The first kappa shape index (κ1) is 12.6. The van der Waals surface area contributed by atoms with Gasteiger partial charge in [0.05, 0.1) is 0 Å². The first-order chi connectivity index (χ1) is 7.22. The summed E-state index contributed by atoms with van der Waals surface area (Å²) >= 11 is 1.74. The molecule has 0 aliphatic rings. The van der Waals surface area contributed by atoms with E-state index in [0.717, 1.165) is 17.8 Å². The minimum absolute atomic E-state index is 0.165. The van der Waals surface area contributed by atoms with Crippen LogP contribution in [0.1, 0.15) is 48.7 Å². The van der Waals surface area contributed by atoms with Gasteiger partial charge >= 0.3 is 0 Å². The zero-order valence-corrected chi connectivity index (χ0v) is 10.7. The summed E-state index contributed by atoms with van der Waals surface area (Å²) in [5, 5.41) is 4.31. The van der Waals surface area contributed by atoms with Crippen molar-refractivity contribution in [1.82, 2.24) is 10.3 Å². The molecule has 1 aromatic rings. The molecule has 1 heterocycles. The Kier molecular flexibility index (Phi) is 5.22. The fourth-order valence-corrected chi connectivity index (χ4v) is 2.49. The van der Waals surface area contributed by atoms with Gasteiger partial charge in [0.15, 0.2) is 0 Å². The smallest absolute Gasteiger partial charge is 0.122 e. The van der Waals surface area contributed by atoms with Gasteiger partial charge in [-0.15, -0.1) is 11.3 Å². The molecule has 0 aromatic carbocycles. The van der Waals surface area contributed by atoms with Crippen molar-refractivity contribution in [2.24, 2.45) is 0 Å². The van der Waals surface area contributed by atoms with Gasteiger partial charge in [0, 0.05) is 24.2 Å². The molecule has 0 radical (unpaired) electrons. The van der Waals surface area contributed by atoms with Gasteiger partial charge in [-0.25, -0.2) is 4.98 Å². The Labute approximate surface area is 95.9 Å². The minimum atomic E-state index is 0.165. The number of aromatic nitrogens is 1. The molecule has 2 atom stereocenters. The molecule has 0 spiro atoms. The van der Waals surface area contributed by atoms with Crippen LogP contribution in [0.25, 0.3) is 0 Å². The zero-order chi connectivity index (χ0) is 11.3. The Morgan fingerprint density at radius 1 is 1.60 bits per heavy atom. The lowest BCUT2D eigenvalue weighted by atomic mass is 10.2. The number of nitrogens with one attached hydrogen (secondary N) is 1. The van der Waals surface area contributed by atoms with E-state index in [-0.39, 0.29) is 6.10 Å². The standard InChI is InChI=1S/C11H20N2OS/c1-5-6-9(14-4)11-13-7-10(15-11)8(2)12-3/h7-9,12H,5-6H2,1-4H3. The van der Waals surface area contributed by atoms with Crippen LogP contribution < -0.4 is 5.32 Å². The van der Waals surface area contributed by atoms with Crippen LogP contribution in [0.15, 0.2) is 6.20 Å². The molecule has 1 rings (SSSR count). The third-order valence-electron chi connectivity index (χ3n) is 2.51. The number of hydrogen-bond acceptors (Lipinski definition) is 4. The predicted octanol–water partition coefficient (Wildman–Crippen LogP) is 2.91. The Bertz CT molecular complexity index is 288. The van der Waals surface area contributed by atoms with E-state index in [4.69, 9.17) is 4.74 Å². The van der Waals surface area contributed by atoms with Gasteiger partial charge in [-0.2, -0.15) is 0 Å². The third kappa shape index (κ3) is 3.26. The Morgan fingerprint density at radius 2 is 2.33 bits per heavy atom. The van der Waals surface area contributed by atoms with Gasteiger partial charge in [-0.05, 0) is 20.4 Å². The molecule has 86 valence electrons. The molecule has 4 heteroatoms. The van der Waals surface area contributed by atoms with Crippen molar-refractivity contribution in [2.45, 2.75) is 38.8 Å². The number of ether oxygens (including phenoxy) is 1. The van der Waals surface area contributed by atoms with E-state index >= 15 is 0 Å². The number of rotatable bonds is 6. The second-order valence-corrected chi connectivity index (χ2v) is 4.72. The Balaban J connectivity index is 2.72. The molecule has 0 bridgehead atoms. The van der Waals surface area contributed by atoms with Crippen molar-refractivity contribution < 1.29 is 4.74 Å². The van der Waals surface area contributed by atoms with E-state index in [1.54, 1.807) is 18.4 Å². The second-order valence-electron chi connectivity index (χ2n) is 3.62.